The SMILES string of the molecule is CCCCCC/C=C\C/C=C\C/C=C\CCCCCCCCC(=O)O[C@H](COC(=O)CCC/C=C\C/C=C\C/C=C\C=C\C(=O)CCCCC)COP(=O)(O)O[C@H]1C(O)C(O)C(O)[C@@H](OP(=O)(O)O)C1O. The van der Waals surface area contributed by atoms with E-state index in [0.29, 0.717) is 38.5 Å². The van der Waals surface area contributed by atoms with Crippen LogP contribution in [0, 0.1) is 0 Å². The van der Waals surface area contributed by atoms with E-state index in [4.69, 9.17) is 18.5 Å². The molecule has 1 aliphatic carbocycles. The van der Waals surface area contributed by atoms with Crippen LogP contribution in [-0.4, -0.2) is 109 Å². The molecule has 71 heavy (non-hydrogen) atoms. The first-order valence-electron chi connectivity index (χ1n) is 25.6. The van der Waals surface area contributed by atoms with Gasteiger partial charge in [0.05, 0.1) is 6.61 Å². The second kappa shape index (κ2) is 41.2. The van der Waals surface area contributed by atoms with Crippen molar-refractivity contribution in [3.05, 3.63) is 85.1 Å². The minimum Gasteiger partial charge on any atom is -0.462 e. The van der Waals surface area contributed by atoms with Crippen LogP contribution < -0.4 is 0 Å². The molecule has 0 radical (unpaired) electrons. The smallest absolute Gasteiger partial charge is 0.462 e. The van der Waals surface area contributed by atoms with Crippen LogP contribution >= 0.6 is 15.6 Å². The summed E-state index contributed by atoms with van der Waals surface area (Å²) in [5, 5.41) is 41.3. The molecule has 0 saturated heterocycles. The van der Waals surface area contributed by atoms with E-state index in [-0.39, 0.29) is 18.6 Å². The molecule has 7 N–H and O–H groups in total. The number of aliphatic hydroxyl groups is 4. The number of hydrogen-bond acceptors (Lipinski definition) is 14. The lowest BCUT2D eigenvalue weighted by atomic mass is 9.85. The average molecular weight is 1050 g/mol. The van der Waals surface area contributed by atoms with Crippen molar-refractivity contribution in [3.8, 4) is 0 Å². The van der Waals surface area contributed by atoms with Gasteiger partial charge in [0.2, 0.25) is 0 Å². The Bertz CT molecular complexity index is 1750. The van der Waals surface area contributed by atoms with E-state index in [0.717, 1.165) is 77.0 Å². The van der Waals surface area contributed by atoms with Gasteiger partial charge in [-0.1, -0.05) is 151 Å². The average Bonchev–Trinajstić information content (AvgIpc) is 3.32. The summed E-state index contributed by atoms with van der Waals surface area (Å²) in [5.41, 5.74) is 0. The molecule has 0 aliphatic heterocycles. The van der Waals surface area contributed by atoms with E-state index in [9.17, 15) is 58.6 Å². The van der Waals surface area contributed by atoms with Gasteiger partial charge in [-0.25, -0.2) is 9.13 Å². The summed E-state index contributed by atoms with van der Waals surface area (Å²) in [4.78, 5) is 66.1. The van der Waals surface area contributed by atoms with Crippen LogP contribution in [0.25, 0.3) is 0 Å². The predicted octanol–water partition coefficient (Wildman–Crippen LogP) is 9.74. The number of phosphoric ester groups is 2. The summed E-state index contributed by atoms with van der Waals surface area (Å²) in [6.07, 6.45) is 33.7. The Kier molecular flexibility index (Phi) is 38.2. The lowest BCUT2D eigenvalue weighted by Gasteiger charge is -2.43. The highest BCUT2D eigenvalue weighted by Gasteiger charge is 2.54. The van der Waals surface area contributed by atoms with Crippen molar-refractivity contribution in [2.75, 3.05) is 13.2 Å². The van der Waals surface area contributed by atoms with E-state index in [2.05, 4.69) is 54.8 Å². The zero-order valence-corrected chi connectivity index (χ0v) is 43.9. The number of rotatable bonds is 42. The van der Waals surface area contributed by atoms with Gasteiger partial charge in [-0.3, -0.25) is 28.0 Å². The van der Waals surface area contributed by atoms with Crippen LogP contribution in [0.4, 0.5) is 0 Å². The van der Waals surface area contributed by atoms with Gasteiger partial charge in [0, 0.05) is 19.3 Å². The number of aliphatic hydroxyl groups excluding tert-OH is 4. The summed E-state index contributed by atoms with van der Waals surface area (Å²) in [7, 11) is -10.7. The fraction of sp³-hybridized carbons (Fsp3) is 0.673. The van der Waals surface area contributed by atoms with Gasteiger partial charge >= 0.3 is 27.6 Å². The predicted molar refractivity (Wildman–Crippen MR) is 274 cm³/mol. The fourth-order valence-corrected chi connectivity index (χ4v) is 8.70. The molecular weight excluding hydrogens is 959 g/mol. The highest BCUT2D eigenvalue weighted by molar-refractivity contribution is 7.47. The van der Waals surface area contributed by atoms with E-state index in [1.807, 2.05) is 36.5 Å². The lowest BCUT2D eigenvalue weighted by Crippen LogP contribution is -2.64. The van der Waals surface area contributed by atoms with Crippen molar-refractivity contribution in [2.24, 2.45) is 0 Å². The van der Waals surface area contributed by atoms with Crippen LogP contribution in [0.2, 0.25) is 0 Å². The number of phosphoric acid groups is 2. The van der Waals surface area contributed by atoms with Gasteiger partial charge in [0.15, 0.2) is 11.9 Å². The molecule has 5 unspecified atom stereocenters. The van der Waals surface area contributed by atoms with Crippen molar-refractivity contribution in [1.82, 2.24) is 0 Å². The first kappa shape index (κ1) is 65.9. The maximum absolute atomic E-state index is 13.0. The van der Waals surface area contributed by atoms with Crippen molar-refractivity contribution in [2.45, 2.75) is 211 Å². The number of esters is 2. The normalized spacial score (nSPS) is 21.5. The van der Waals surface area contributed by atoms with Crippen LogP contribution in [0.3, 0.4) is 0 Å². The zero-order valence-electron chi connectivity index (χ0n) is 42.1. The van der Waals surface area contributed by atoms with Crippen molar-refractivity contribution >= 4 is 33.4 Å². The summed E-state index contributed by atoms with van der Waals surface area (Å²) in [6, 6.07) is 0. The number of hydrogen-bond donors (Lipinski definition) is 7. The number of carbonyl (C=O) groups excluding carboxylic acids is 3. The third kappa shape index (κ3) is 35.6. The molecule has 19 heteroatoms. The largest absolute Gasteiger partial charge is 0.472 e. The summed E-state index contributed by atoms with van der Waals surface area (Å²) in [6.45, 7) is 2.88. The number of ether oxygens (including phenoxy) is 2. The van der Waals surface area contributed by atoms with Crippen LogP contribution in [-0.2, 0) is 46.6 Å². The van der Waals surface area contributed by atoms with E-state index >= 15 is 0 Å². The van der Waals surface area contributed by atoms with Gasteiger partial charge in [0.1, 0.15) is 43.2 Å². The molecule has 0 aromatic carbocycles. The third-order valence-corrected chi connectivity index (χ3v) is 12.7. The lowest BCUT2D eigenvalue weighted by molar-refractivity contribution is -0.216. The third-order valence-electron chi connectivity index (χ3n) is 11.2. The highest BCUT2D eigenvalue weighted by atomic mass is 31.2. The van der Waals surface area contributed by atoms with E-state index < -0.39 is 83.5 Å². The molecule has 1 aliphatic rings. The quantitative estimate of drug-likeness (QED) is 0.00748. The Morgan fingerprint density at radius 1 is 0.493 bits per heavy atom. The molecule has 0 heterocycles. The molecule has 0 spiro atoms. The van der Waals surface area contributed by atoms with E-state index in [1.165, 1.54) is 25.7 Å². The van der Waals surface area contributed by atoms with Gasteiger partial charge in [-0.15, -0.1) is 0 Å². The van der Waals surface area contributed by atoms with Gasteiger partial charge < -0.3 is 44.6 Å². The second-order valence-corrected chi connectivity index (χ2v) is 20.2. The molecule has 1 saturated carbocycles. The molecule has 406 valence electrons. The van der Waals surface area contributed by atoms with Gasteiger partial charge in [-0.2, -0.15) is 0 Å². The maximum Gasteiger partial charge on any atom is 0.472 e. The number of carbonyl (C=O) groups is 3. The molecule has 0 bridgehead atoms. The minimum atomic E-state index is -5.38. The van der Waals surface area contributed by atoms with Crippen LogP contribution in [0.5, 0.6) is 0 Å². The van der Waals surface area contributed by atoms with Crippen molar-refractivity contribution in [3.63, 3.8) is 0 Å². The molecule has 1 rings (SSSR count). The minimum absolute atomic E-state index is 0.00135. The molecular formula is C52H86O17P2. The van der Waals surface area contributed by atoms with Crippen molar-refractivity contribution in [1.29, 1.82) is 0 Å². The van der Waals surface area contributed by atoms with E-state index in [1.54, 1.807) is 12.2 Å². The molecule has 8 atom stereocenters. The Balaban J connectivity index is 2.62. The summed E-state index contributed by atoms with van der Waals surface area (Å²) >= 11 is 0. The first-order valence-corrected chi connectivity index (χ1v) is 28.6. The Morgan fingerprint density at radius 3 is 1.54 bits per heavy atom. The number of allylic oxidation sites excluding steroid dienone is 14. The van der Waals surface area contributed by atoms with Gasteiger partial charge in [-0.05, 0) is 83.1 Å². The van der Waals surface area contributed by atoms with Crippen LogP contribution in [0.15, 0.2) is 85.1 Å². The molecule has 1 fully saturated rings. The number of unbranched alkanes of at least 4 members (excludes halogenated alkanes) is 13. The topological polar surface area (TPSA) is 273 Å². The first-order chi connectivity index (χ1) is 34.0. The Morgan fingerprint density at radius 2 is 0.958 bits per heavy atom. The summed E-state index contributed by atoms with van der Waals surface area (Å²) in [5.74, 6) is -1.20. The Labute approximate surface area is 422 Å². The van der Waals surface area contributed by atoms with Gasteiger partial charge in [0.25, 0.3) is 0 Å². The standard InChI is InChI=1S/C52H86O17P2/c1-3-5-7-8-9-10-11-12-13-14-15-16-17-18-19-22-26-29-32-36-40-46(55)67-44(42-66-71(63,64)69-52-49(58)47(56)48(57)51(50(52)59)68-70(60,61)62)41-65-45(54)39-35-31-28-25-23-20-21-24-27-30-34-38-43(53)37-33-6-4-2/h10-11,13-14,16-17,20-21,25,27-28,30,34,38,44,47-52,56-59H,3-9,12,15,18-19,22-24,26,29,31-33,35-37,39-42H2,1-2H3,(H,63,64)(H2,60,61,62)/b11-10-,14-13-,17-16-,21-20-,28-25-,30-27-,38-34+/t44-,47?,48?,49?,50?,51-,52+/m1/s1. The molecule has 0 aromatic heterocycles. The number of ketones is 1. The summed E-state index contributed by atoms with van der Waals surface area (Å²) < 4.78 is 49.4. The maximum atomic E-state index is 13.0. The second-order valence-electron chi connectivity index (χ2n) is 17.6. The molecule has 17 nitrogen and oxygen atoms in total. The monoisotopic (exact) mass is 1040 g/mol. The Hall–Kier alpha value is -3.15. The molecule has 0 amide bonds. The van der Waals surface area contributed by atoms with Crippen molar-refractivity contribution < 1.29 is 81.7 Å². The molecule has 0 aromatic rings. The van der Waals surface area contributed by atoms with Crippen LogP contribution in [0.1, 0.15) is 168 Å². The fourth-order valence-electron chi connectivity index (χ4n) is 7.16. The highest BCUT2D eigenvalue weighted by Crippen LogP contribution is 2.49. The zero-order chi connectivity index (χ0) is 52.6.